The smallest absolute Gasteiger partial charge is 0.416 e. The Bertz CT molecular complexity index is 1160. The largest absolute Gasteiger partial charge is 0.484 e. The maximum Gasteiger partial charge on any atom is 0.416 e. The Balaban J connectivity index is 1.45. The summed E-state index contributed by atoms with van der Waals surface area (Å²) in [6.45, 7) is -0.336. The van der Waals surface area contributed by atoms with Crippen LogP contribution in [0.15, 0.2) is 71.1 Å². The quantitative estimate of drug-likeness (QED) is 0.496. The number of furan rings is 1. The van der Waals surface area contributed by atoms with Crippen molar-refractivity contribution in [3.63, 3.8) is 0 Å². The Kier molecular flexibility index (Phi) is 4.43. The van der Waals surface area contributed by atoms with E-state index >= 15 is 0 Å². The molecule has 1 N–H and O–H groups in total. The molecule has 4 nitrogen and oxygen atoms in total. The summed E-state index contributed by atoms with van der Waals surface area (Å²) in [4.78, 5) is 12.0. The van der Waals surface area contributed by atoms with E-state index in [4.69, 9.17) is 9.15 Å². The molecule has 142 valence electrons. The van der Waals surface area contributed by atoms with Crippen LogP contribution in [0.4, 0.5) is 18.9 Å². The highest BCUT2D eigenvalue weighted by molar-refractivity contribution is 6.05. The SMILES string of the molecule is O=C(COc1ccc2oc3ccccc3c2c1)Nc1cccc(C(F)(F)F)c1. The third-order valence-corrected chi connectivity index (χ3v) is 4.19. The Hall–Kier alpha value is -3.48. The van der Waals surface area contributed by atoms with E-state index in [9.17, 15) is 18.0 Å². The number of nitrogens with one attached hydrogen (secondary N) is 1. The molecule has 0 aliphatic carbocycles. The van der Waals surface area contributed by atoms with E-state index < -0.39 is 17.6 Å². The van der Waals surface area contributed by atoms with Crippen molar-refractivity contribution in [2.45, 2.75) is 6.18 Å². The van der Waals surface area contributed by atoms with E-state index in [1.54, 1.807) is 18.2 Å². The van der Waals surface area contributed by atoms with E-state index in [1.807, 2.05) is 24.3 Å². The van der Waals surface area contributed by atoms with E-state index in [1.165, 1.54) is 12.1 Å². The standard InChI is InChI=1S/C21H14F3NO3/c22-21(23,24)13-4-3-5-14(10-13)25-20(26)12-27-15-8-9-19-17(11-15)16-6-1-2-7-18(16)28-19/h1-11H,12H2,(H,25,26). The van der Waals surface area contributed by atoms with Gasteiger partial charge in [0.15, 0.2) is 6.61 Å². The Morgan fingerprint density at radius 2 is 1.71 bits per heavy atom. The molecule has 4 rings (SSSR count). The van der Waals surface area contributed by atoms with Crippen molar-refractivity contribution in [3.8, 4) is 5.75 Å². The highest BCUT2D eigenvalue weighted by Gasteiger charge is 2.30. The van der Waals surface area contributed by atoms with Crippen LogP contribution in [0.5, 0.6) is 5.75 Å². The molecule has 1 aromatic heterocycles. The summed E-state index contributed by atoms with van der Waals surface area (Å²) in [6, 6.07) is 17.2. The molecule has 0 spiro atoms. The number of carbonyl (C=O) groups excluding carboxylic acids is 1. The number of rotatable bonds is 4. The number of hydrogen-bond donors (Lipinski definition) is 1. The predicted molar refractivity (Wildman–Crippen MR) is 99.3 cm³/mol. The first-order valence-electron chi connectivity index (χ1n) is 8.41. The molecular weight excluding hydrogens is 371 g/mol. The molecule has 0 unspecified atom stereocenters. The molecule has 0 radical (unpaired) electrons. The second kappa shape index (κ2) is 6.92. The molecule has 0 atom stereocenters. The molecule has 0 saturated heterocycles. The third kappa shape index (κ3) is 3.64. The highest BCUT2D eigenvalue weighted by Crippen LogP contribution is 2.32. The van der Waals surface area contributed by atoms with Crippen LogP contribution < -0.4 is 10.1 Å². The monoisotopic (exact) mass is 385 g/mol. The van der Waals surface area contributed by atoms with Gasteiger partial charge >= 0.3 is 6.18 Å². The Labute approximate surface area is 157 Å². The number of hydrogen-bond acceptors (Lipinski definition) is 3. The lowest BCUT2D eigenvalue weighted by Gasteiger charge is -2.10. The van der Waals surface area contributed by atoms with Gasteiger partial charge in [0, 0.05) is 16.5 Å². The van der Waals surface area contributed by atoms with Gasteiger partial charge in [0.25, 0.3) is 5.91 Å². The molecule has 0 bridgehead atoms. The van der Waals surface area contributed by atoms with Crippen LogP contribution in [0.2, 0.25) is 0 Å². The first kappa shape index (κ1) is 17.9. The second-order valence-corrected chi connectivity index (χ2v) is 6.17. The van der Waals surface area contributed by atoms with E-state index in [2.05, 4.69) is 5.32 Å². The van der Waals surface area contributed by atoms with Gasteiger partial charge in [-0.3, -0.25) is 4.79 Å². The first-order valence-corrected chi connectivity index (χ1v) is 8.41. The summed E-state index contributed by atoms with van der Waals surface area (Å²) in [5.74, 6) is -0.102. The van der Waals surface area contributed by atoms with Gasteiger partial charge < -0.3 is 14.5 Å². The molecule has 1 heterocycles. The number of amides is 1. The first-order chi connectivity index (χ1) is 13.4. The number of benzene rings is 3. The molecule has 1 amide bonds. The Morgan fingerprint density at radius 1 is 0.929 bits per heavy atom. The van der Waals surface area contributed by atoms with Gasteiger partial charge in [-0.25, -0.2) is 0 Å². The average Bonchev–Trinajstić information content (AvgIpc) is 3.04. The normalized spacial score (nSPS) is 11.7. The number of halogens is 3. The number of para-hydroxylation sites is 1. The maximum atomic E-state index is 12.7. The lowest BCUT2D eigenvalue weighted by molar-refractivity contribution is -0.137. The molecule has 7 heteroatoms. The van der Waals surface area contributed by atoms with Crippen molar-refractivity contribution < 1.29 is 27.1 Å². The minimum absolute atomic E-state index is 0.0553. The third-order valence-electron chi connectivity index (χ3n) is 4.19. The van der Waals surface area contributed by atoms with Gasteiger partial charge in [-0.05, 0) is 42.5 Å². The van der Waals surface area contributed by atoms with Crippen LogP contribution in [0.1, 0.15) is 5.56 Å². The summed E-state index contributed by atoms with van der Waals surface area (Å²) in [5.41, 5.74) is 0.669. The molecule has 0 fully saturated rings. The van der Waals surface area contributed by atoms with Crippen LogP contribution >= 0.6 is 0 Å². The molecular formula is C21H14F3NO3. The fourth-order valence-corrected chi connectivity index (χ4v) is 2.91. The fourth-order valence-electron chi connectivity index (χ4n) is 2.91. The summed E-state index contributed by atoms with van der Waals surface area (Å²) in [6.07, 6.45) is -4.47. The predicted octanol–water partition coefficient (Wildman–Crippen LogP) is 5.62. The summed E-state index contributed by atoms with van der Waals surface area (Å²) in [5, 5.41) is 4.18. The zero-order chi connectivity index (χ0) is 19.7. The number of fused-ring (bicyclic) bond motifs is 3. The van der Waals surface area contributed by atoms with Gasteiger partial charge in [-0.1, -0.05) is 24.3 Å². The molecule has 4 aromatic rings. The summed E-state index contributed by atoms with van der Waals surface area (Å²) < 4.78 is 49.4. The number of anilines is 1. The average molecular weight is 385 g/mol. The lowest BCUT2D eigenvalue weighted by Crippen LogP contribution is -2.20. The topological polar surface area (TPSA) is 51.5 Å². The van der Waals surface area contributed by atoms with Crippen LogP contribution in [-0.2, 0) is 11.0 Å². The number of carbonyl (C=O) groups is 1. The molecule has 28 heavy (non-hydrogen) atoms. The van der Waals surface area contributed by atoms with Crippen molar-refractivity contribution in [1.29, 1.82) is 0 Å². The molecule has 0 aliphatic heterocycles. The second-order valence-electron chi connectivity index (χ2n) is 6.17. The number of ether oxygens (including phenoxy) is 1. The lowest BCUT2D eigenvalue weighted by atomic mass is 10.1. The van der Waals surface area contributed by atoms with Crippen molar-refractivity contribution >= 4 is 33.5 Å². The molecule has 3 aromatic carbocycles. The van der Waals surface area contributed by atoms with E-state index in [-0.39, 0.29) is 12.3 Å². The fraction of sp³-hybridized carbons (Fsp3) is 0.0952. The van der Waals surface area contributed by atoms with E-state index in [0.29, 0.717) is 11.3 Å². The van der Waals surface area contributed by atoms with Gasteiger partial charge in [-0.15, -0.1) is 0 Å². The van der Waals surface area contributed by atoms with Gasteiger partial charge in [0.05, 0.1) is 5.56 Å². The summed E-state index contributed by atoms with van der Waals surface area (Å²) in [7, 11) is 0. The molecule has 0 aliphatic rings. The minimum Gasteiger partial charge on any atom is -0.484 e. The van der Waals surface area contributed by atoms with Gasteiger partial charge in [0.2, 0.25) is 0 Å². The van der Waals surface area contributed by atoms with Crippen molar-refractivity contribution in [1.82, 2.24) is 0 Å². The Morgan fingerprint density at radius 3 is 2.54 bits per heavy atom. The van der Waals surface area contributed by atoms with Crippen LogP contribution in [0.25, 0.3) is 21.9 Å². The molecule has 0 saturated carbocycles. The van der Waals surface area contributed by atoms with Gasteiger partial charge in [-0.2, -0.15) is 13.2 Å². The van der Waals surface area contributed by atoms with Crippen molar-refractivity contribution in [3.05, 3.63) is 72.3 Å². The zero-order valence-electron chi connectivity index (χ0n) is 14.4. The van der Waals surface area contributed by atoms with E-state index in [0.717, 1.165) is 28.5 Å². The maximum absolute atomic E-state index is 12.7. The van der Waals surface area contributed by atoms with Gasteiger partial charge in [0.1, 0.15) is 16.9 Å². The van der Waals surface area contributed by atoms with Crippen LogP contribution in [0.3, 0.4) is 0 Å². The van der Waals surface area contributed by atoms with Crippen molar-refractivity contribution in [2.75, 3.05) is 11.9 Å². The number of alkyl halides is 3. The van der Waals surface area contributed by atoms with Crippen molar-refractivity contribution in [2.24, 2.45) is 0 Å². The highest BCUT2D eigenvalue weighted by atomic mass is 19.4. The van der Waals surface area contributed by atoms with Crippen LogP contribution in [-0.4, -0.2) is 12.5 Å². The minimum atomic E-state index is -4.47. The zero-order valence-corrected chi connectivity index (χ0v) is 14.4. The van der Waals surface area contributed by atoms with Crippen LogP contribution in [0, 0.1) is 0 Å². The summed E-state index contributed by atoms with van der Waals surface area (Å²) >= 11 is 0.